The number of nitrogens with zero attached hydrogens (tertiary/aromatic N) is 1. The van der Waals surface area contributed by atoms with Gasteiger partial charge in [-0.05, 0) is 61.0 Å². The Balaban J connectivity index is 1.69. The van der Waals surface area contributed by atoms with Crippen LogP contribution in [-0.4, -0.2) is 21.4 Å². The smallest absolute Gasteiger partial charge is 0.416 e. The van der Waals surface area contributed by atoms with Crippen molar-refractivity contribution in [3.05, 3.63) is 77.4 Å². The standard InChI is InChI=1S/C22H17F3N2O4S/c1-13-6-8-20-18(10-13)27(2)21(28)17-12-15(7-9-19(17)31-20)26-32(29,30)16-5-3-4-14(11-16)22(23,24)25/h3-12,26H,1-2H3. The van der Waals surface area contributed by atoms with Gasteiger partial charge < -0.3 is 9.64 Å². The Hall–Kier alpha value is -3.53. The van der Waals surface area contributed by atoms with Gasteiger partial charge in [0.2, 0.25) is 0 Å². The second-order valence-electron chi connectivity index (χ2n) is 7.28. The van der Waals surface area contributed by atoms with Gasteiger partial charge in [-0.25, -0.2) is 8.42 Å². The predicted molar refractivity (Wildman–Crippen MR) is 113 cm³/mol. The summed E-state index contributed by atoms with van der Waals surface area (Å²) in [6, 6.07) is 12.8. The number of carbonyl (C=O) groups is 1. The number of halogens is 3. The molecule has 0 saturated heterocycles. The molecule has 0 saturated carbocycles. The van der Waals surface area contributed by atoms with E-state index in [0.717, 1.165) is 23.8 Å². The second-order valence-corrected chi connectivity index (χ2v) is 8.96. The highest BCUT2D eigenvalue weighted by atomic mass is 32.2. The number of carbonyl (C=O) groups excluding carboxylic acids is 1. The molecule has 0 radical (unpaired) electrons. The van der Waals surface area contributed by atoms with Gasteiger partial charge in [0.05, 0.1) is 21.7 Å². The zero-order valence-electron chi connectivity index (χ0n) is 16.9. The van der Waals surface area contributed by atoms with E-state index in [1.165, 1.54) is 23.1 Å². The van der Waals surface area contributed by atoms with Crippen LogP contribution in [0.1, 0.15) is 21.5 Å². The highest BCUT2D eigenvalue weighted by molar-refractivity contribution is 7.92. The van der Waals surface area contributed by atoms with Crippen molar-refractivity contribution >= 4 is 27.3 Å². The molecule has 0 atom stereocenters. The first-order valence-electron chi connectivity index (χ1n) is 9.36. The van der Waals surface area contributed by atoms with Crippen LogP contribution in [0.3, 0.4) is 0 Å². The summed E-state index contributed by atoms with van der Waals surface area (Å²) in [5.41, 5.74) is 0.504. The number of nitrogens with one attached hydrogen (secondary N) is 1. The molecule has 4 rings (SSSR count). The van der Waals surface area contributed by atoms with Crippen molar-refractivity contribution in [3.8, 4) is 11.5 Å². The van der Waals surface area contributed by atoms with Crippen molar-refractivity contribution in [2.24, 2.45) is 0 Å². The van der Waals surface area contributed by atoms with E-state index in [9.17, 15) is 26.4 Å². The van der Waals surface area contributed by atoms with Crippen molar-refractivity contribution in [2.75, 3.05) is 16.7 Å². The average Bonchev–Trinajstić information content (AvgIpc) is 2.83. The number of amides is 1. The lowest BCUT2D eigenvalue weighted by Gasteiger charge is -2.17. The zero-order chi connectivity index (χ0) is 23.3. The topological polar surface area (TPSA) is 75.7 Å². The van der Waals surface area contributed by atoms with Crippen molar-refractivity contribution in [3.63, 3.8) is 0 Å². The first-order valence-corrected chi connectivity index (χ1v) is 10.8. The third-order valence-corrected chi connectivity index (χ3v) is 6.31. The summed E-state index contributed by atoms with van der Waals surface area (Å²) in [6.07, 6.45) is -4.68. The van der Waals surface area contributed by atoms with E-state index in [2.05, 4.69) is 4.72 Å². The van der Waals surface area contributed by atoms with E-state index in [1.54, 1.807) is 19.2 Å². The largest absolute Gasteiger partial charge is 0.454 e. The van der Waals surface area contributed by atoms with E-state index in [1.807, 2.05) is 13.0 Å². The molecule has 1 aliphatic heterocycles. The molecule has 10 heteroatoms. The Morgan fingerprint density at radius 2 is 1.69 bits per heavy atom. The lowest BCUT2D eigenvalue weighted by molar-refractivity contribution is -0.137. The molecule has 0 aliphatic carbocycles. The molecule has 32 heavy (non-hydrogen) atoms. The number of hydrogen-bond donors (Lipinski definition) is 1. The fourth-order valence-corrected chi connectivity index (χ4v) is 4.38. The summed E-state index contributed by atoms with van der Waals surface area (Å²) in [5, 5.41) is 0. The highest BCUT2D eigenvalue weighted by Crippen LogP contribution is 2.40. The SMILES string of the molecule is Cc1ccc2c(c1)N(C)C(=O)c1cc(NS(=O)(=O)c3cccc(C(F)(F)F)c3)ccc1O2. The minimum atomic E-state index is -4.68. The molecule has 3 aromatic carbocycles. The van der Waals surface area contributed by atoms with Crippen molar-refractivity contribution in [2.45, 2.75) is 18.0 Å². The molecule has 1 N–H and O–H groups in total. The van der Waals surface area contributed by atoms with Gasteiger partial charge in [-0.3, -0.25) is 9.52 Å². The first-order chi connectivity index (χ1) is 15.0. The van der Waals surface area contributed by atoms with Crippen LogP contribution in [0.15, 0.2) is 65.6 Å². The van der Waals surface area contributed by atoms with Crippen LogP contribution in [0.4, 0.5) is 24.5 Å². The lowest BCUT2D eigenvalue weighted by Crippen LogP contribution is -2.25. The third kappa shape index (κ3) is 4.01. The average molecular weight is 462 g/mol. The number of ether oxygens (including phenoxy) is 1. The van der Waals surface area contributed by atoms with Crippen LogP contribution < -0.4 is 14.4 Å². The molecule has 0 bridgehead atoms. The maximum atomic E-state index is 13.0. The van der Waals surface area contributed by atoms with Crippen molar-refractivity contribution in [1.29, 1.82) is 0 Å². The summed E-state index contributed by atoms with van der Waals surface area (Å²) in [7, 11) is -2.77. The number of fused-ring (bicyclic) bond motifs is 2. The Labute approximate surface area is 182 Å². The van der Waals surface area contributed by atoms with Crippen LogP contribution in [0.5, 0.6) is 11.5 Å². The fraction of sp³-hybridized carbons (Fsp3) is 0.136. The Kier molecular flexibility index (Phi) is 5.12. The third-order valence-electron chi connectivity index (χ3n) is 4.93. The molecule has 1 amide bonds. The first kappa shape index (κ1) is 21.7. The van der Waals surface area contributed by atoms with Crippen molar-refractivity contribution in [1.82, 2.24) is 0 Å². The number of anilines is 2. The van der Waals surface area contributed by atoms with Gasteiger partial charge in [0.25, 0.3) is 15.9 Å². The number of rotatable bonds is 3. The maximum Gasteiger partial charge on any atom is 0.416 e. The van der Waals surface area contributed by atoms with E-state index in [-0.39, 0.29) is 17.0 Å². The summed E-state index contributed by atoms with van der Waals surface area (Å²) in [4.78, 5) is 13.8. The molecular formula is C22H17F3N2O4S. The van der Waals surface area contributed by atoms with Crippen LogP contribution >= 0.6 is 0 Å². The van der Waals surface area contributed by atoms with Gasteiger partial charge >= 0.3 is 6.18 Å². The quantitative estimate of drug-likeness (QED) is 0.581. The highest BCUT2D eigenvalue weighted by Gasteiger charge is 2.32. The molecular weight excluding hydrogens is 445 g/mol. The zero-order valence-corrected chi connectivity index (χ0v) is 17.7. The van der Waals surface area contributed by atoms with Crippen LogP contribution in [-0.2, 0) is 16.2 Å². The minimum absolute atomic E-state index is 0.00801. The Morgan fingerprint density at radius 1 is 0.969 bits per heavy atom. The van der Waals surface area contributed by atoms with E-state index >= 15 is 0 Å². The summed E-state index contributed by atoms with van der Waals surface area (Å²) in [6.45, 7) is 1.87. The normalized spacial score (nSPS) is 13.7. The van der Waals surface area contributed by atoms with Gasteiger partial charge in [0.1, 0.15) is 5.75 Å². The van der Waals surface area contributed by atoms with Crippen LogP contribution in [0, 0.1) is 6.92 Å². The molecule has 166 valence electrons. The van der Waals surface area contributed by atoms with Crippen LogP contribution in [0.25, 0.3) is 0 Å². The molecule has 0 fully saturated rings. The fourth-order valence-electron chi connectivity index (χ4n) is 3.29. The Bertz CT molecular complexity index is 1340. The maximum absolute atomic E-state index is 13.0. The number of alkyl halides is 3. The number of benzene rings is 3. The second kappa shape index (κ2) is 7.56. The minimum Gasteiger partial charge on any atom is -0.454 e. The summed E-state index contributed by atoms with van der Waals surface area (Å²) in [5.74, 6) is 0.262. The number of aryl methyl sites for hydroxylation is 1. The monoisotopic (exact) mass is 462 g/mol. The molecule has 3 aromatic rings. The van der Waals surface area contributed by atoms with Crippen molar-refractivity contribution < 1.29 is 31.1 Å². The molecule has 0 unspecified atom stereocenters. The molecule has 1 heterocycles. The summed E-state index contributed by atoms with van der Waals surface area (Å²) >= 11 is 0. The molecule has 0 aromatic heterocycles. The van der Waals surface area contributed by atoms with Gasteiger partial charge in [-0.15, -0.1) is 0 Å². The van der Waals surface area contributed by atoms with Gasteiger partial charge in [0.15, 0.2) is 5.75 Å². The van der Waals surface area contributed by atoms with Gasteiger partial charge in [0, 0.05) is 12.7 Å². The molecule has 0 spiro atoms. The van der Waals surface area contributed by atoms with Crippen LogP contribution in [0.2, 0.25) is 0 Å². The van der Waals surface area contributed by atoms with E-state index < -0.39 is 32.6 Å². The molecule has 6 nitrogen and oxygen atoms in total. The van der Waals surface area contributed by atoms with E-state index in [4.69, 9.17) is 4.74 Å². The predicted octanol–water partition coefficient (Wildman–Crippen LogP) is 5.20. The van der Waals surface area contributed by atoms with Gasteiger partial charge in [-0.1, -0.05) is 12.1 Å². The lowest BCUT2D eigenvalue weighted by atomic mass is 10.1. The van der Waals surface area contributed by atoms with Gasteiger partial charge in [-0.2, -0.15) is 13.2 Å². The Morgan fingerprint density at radius 3 is 2.41 bits per heavy atom. The summed E-state index contributed by atoms with van der Waals surface area (Å²) < 4.78 is 72.3. The molecule has 1 aliphatic rings. The van der Waals surface area contributed by atoms with E-state index in [0.29, 0.717) is 17.5 Å². The number of sulfonamides is 1. The number of hydrogen-bond acceptors (Lipinski definition) is 4.